The van der Waals surface area contributed by atoms with E-state index < -0.39 is 0 Å². The number of rotatable bonds is 3. The molecular formula is C16H27NS. The molecule has 1 nitrogen and oxygen atoms in total. The number of hydrogen-bond donors (Lipinski definition) is 1. The van der Waals surface area contributed by atoms with Gasteiger partial charge in [-0.15, -0.1) is 11.3 Å². The molecule has 0 bridgehead atoms. The van der Waals surface area contributed by atoms with Crippen LogP contribution in [0.3, 0.4) is 0 Å². The van der Waals surface area contributed by atoms with E-state index in [1.54, 1.807) is 0 Å². The fourth-order valence-electron chi connectivity index (χ4n) is 3.48. The third kappa shape index (κ3) is 3.58. The van der Waals surface area contributed by atoms with Crippen molar-refractivity contribution in [1.82, 2.24) is 5.32 Å². The average molecular weight is 265 g/mol. The number of thiophene rings is 1. The zero-order chi connectivity index (χ0) is 13.3. The topological polar surface area (TPSA) is 12.0 Å². The molecule has 0 aromatic carbocycles. The standard InChI is InChI=1S/C16H27NS/c1-11-6-14(9-16(4,5)8-11)17-10-15-7-12(2)13(3)18-15/h7,11,14,17H,6,8-10H2,1-5H3. The SMILES string of the molecule is Cc1cc(CNC2CC(C)CC(C)(C)C2)sc1C. The van der Waals surface area contributed by atoms with Crippen LogP contribution in [0.5, 0.6) is 0 Å². The maximum absolute atomic E-state index is 3.77. The molecule has 2 atom stereocenters. The van der Waals surface area contributed by atoms with Gasteiger partial charge in [0.1, 0.15) is 0 Å². The Kier molecular flexibility index (Phi) is 4.18. The van der Waals surface area contributed by atoms with Gasteiger partial charge >= 0.3 is 0 Å². The molecule has 1 aromatic rings. The van der Waals surface area contributed by atoms with Crippen LogP contribution in [0.25, 0.3) is 0 Å². The predicted octanol–water partition coefficient (Wildman–Crippen LogP) is 4.67. The highest BCUT2D eigenvalue weighted by molar-refractivity contribution is 7.12. The van der Waals surface area contributed by atoms with E-state index in [9.17, 15) is 0 Å². The van der Waals surface area contributed by atoms with Crippen molar-refractivity contribution in [3.63, 3.8) is 0 Å². The summed E-state index contributed by atoms with van der Waals surface area (Å²) in [7, 11) is 0. The third-order valence-electron chi connectivity index (χ3n) is 4.17. The summed E-state index contributed by atoms with van der Waals surface area (Å²) in [6.07, 6.45) is 4.04. The number of hydrogen-bond acceptors (Lipinski definition) is 2. The summed E-state index contributed by atoms with van der Waals surface area (Å²) in [4.78, 5) is 2.95. The minimum Gasteiger partial charge on any atom is -0.309 e. The lowest BCUT2D eigenvalue weighted by molar-refractivity contribution is 0.151. The minimum absolute atomic E-state index is 0.511. The van der Waals surface area contributed by atoms with Crippen LogP contribution in [-0.4, -0.2) is 6.04 Å². The molecule has 1 saturated carbocycles. The van der Waals surface area contributed by atoms with Crippen LogP contribution in [0.1, 0.15) is 55.4 Å². The molecule has 1 aromatic heterocycles. The van der Waals surface area contributed by atoms with Crippen LogP contribution in [0.15, 0.2) is 6.07 Å². The first-order chi connectivity index (χ1) is 8.35. The van der Waals surface area contributed by atoms with E-state index in [1.807, 2.05) is 11.3 Å². The molecule has 0 aliphatic heterocycles. The molecular weight excluding hydrogens is 238 g/mol. The Hall–Kier alpha value is -0.340. The van der Waals surface area contributed by atoms with Crippen molar-refractivity contribution >= 4 is 11.3 Å². The molecule has 2 unspecified atom stereocenters. The molecule has 0 radical (unpaired) electrons. The lowest BCUT2D eigenvalue weighted by Gasteiger charge is -2.39. The van der Waals surface area contributed by atoms with Crippen molar-refractivity contribution in [3.05, 3.63) is 21.4 Å². The molecule has 0 amide bonds. The molecule has 1 heterocycles. The Morgan fingerprint density at radius 1 is 1.33 bits per heavy atom. The quantitative estimate of drug-likeness (QED) is 0.837. The number of aryl methyl sites for hydroxylation is 2. The van der Waals surface area contributed by atoms with Gasteiger partial charge in [-0.1, -0.05) is 20.8 Å². The van der Waals surface area contributed by atoms with Gasteiger partial charge in [-0.3, -0.25) is 0 Å². The van der Waals surface area contributed by atoms with Crippen molar-refractivity contribution in [2.24, 2.45) is 11.3 Å². The van der Waals surface area contributed by atoms with Crippen molar-refractivity contribution in [2.75, 3.05) is 0 Å². The second-order valence-corrected chi connectivity index (χ2v) is 8.28. The molecule has 0 spiro atoms. The molecule has 102 valence electrons. The highest BCUT2D eigenvalue weighted by atomic mass is 32.1. The van der Waals surface area contributed by atoms with Gasteiger partial charge in [0.2, 0.25) is 0 Å². The monoisotopic (exact) mass is 265 g/mol. The Bertz CT molecular complexity index is 386. The van der Waals surface area contributed by atoms with E-state index in [2.05, 4.69) is 46.0 Å². The van der Waals surface area contributed by atoms with E-state index in [0.29, 0.717) is 11.5 Å². The summed E-state index contributed by atoms with van der Waals surface area (Å²) in [5.41, 5.74) is 1.95. The van der Waals surface area contributed by atoms with Crippen LogP contribution in [0, 0.1) is 25.2 Å². The molecule has 0 saturated heterocycles. The van der Waals surface area contributed by atoms with Crippen LogP contribution >= 0.6 is 11.3 Å². The van der Waals surface area contributed by atoms with Crippen molar-refractivity contribution in [2.45, 2.75) is 66.5 Å². The highest BCUT2D eigenvalue weighted by Crippen LogP contribution is 2.38. The van der Waals surface area contributed by atoms with Gasteiger partial charge in [-0.25, -0.2) is 0 Å². The van der Waals surface area contributed by atoms with Crippen molar-refractivity contribution in [3.8, 4) is 0 Å². The summed E-state index contributed by atoms with van der Waals surface area (Å²) in [6.45, 7) is 12.7. The van der Waals surface area contributed by atoms with Gasteiger partial charge in [-0.2, -0.15) is 0 Å². The Morgan fingerprint density at radius 2 is 2.06 bits per heavy atom. The lowest BCUT2D eigenvalue weighted by atomic mass is 9.70. The maximum Gasteiger partial charge on any atom is 0.0302 e. The third-order valence-corrected chi connectivity index (χ3v) is 5.32. The van der Waals surface area contributed by atoms with Crippen LogP contribution in [0.2, 0.25) is 0 Å². The normalized spacial score (nSPS) is 27.4. The zero-order valence-corrected chi connectivity index (χ0v) is 13.3. The van der Waals surface area contributed by atoms with Gasteiger partial charge in [-0.05, 0) is 56.1 Å². The summed E-state index contributed by atoms with van der Waals surface area (Å²) < 4.78 is 0. The summed E-state index contributed by atoms with van der Waals surface area (Å²) >= 11 is 1.94. The Labute approximate surface area is 116 Å². The largest absolute Gasteiger partial charge is 0.309 e. The molecule has 2 heteroatoms. The minimum atomic E-state index is 0.511. The smallest absolute Gasteiger partial charge is 0.0302 e. The van der Waals surface area contributed by atoms with Crippen LogP contribution < -0.4 is 5.32 Å². The van der Waals surface area contributed by atoms with E-state index in [0.717, 1.165) is 12.5 Å². The van der Waals surface area contributed by atoms with E-state index in [1.165, 1.54) is 34.6 Å². The van der Waals surface area contributed by atoms with Gasteiger partial charge in [0.05, 0.1) is 0 Å². The Morgan fingerprint density at radius 3 is 2.61 bits per heavy atom. The lowest BCUT2D eigenvalue weighted by Crippen LogP contribution is -2.39. The Balaban J connectivity index is 1.90. The van der Waals surface area contributed by atoms with Gasteiger partial charge in [0.25, 0.3) is 0 Å². The second-order valence-electron chi connectivity index (χ2n) is 6.94. The van der Waals surface area contributed by atoms with Gasteiger partial charge < -0.3 is 5.32 Å². The molecule has 1 fully saturated rings. The first kappa shape index (κ1) is 14.1. The average Bonchev–Trinajstić information content (AvgIpc) is 2.53. The number of nitrogens with one attached hydrogen (secondary N) is 1. The van der Waals surface area contributed by atoms with E-state index >= 15 is 0 Å². The summed E-state index contributed by atoms with van der Waals surface area (Å²) in [5, 5.41) is 3.77. The van der Waals surface area contributed by atoms with E-state index in [4.69, 9.17) is 0 Å². The van der Waals surface area contributed by atoms with Crippen LogP contribution in [-0.2, 0) is 6.54 Å². The maximum atomic E-state index is 3.77. The highest BCUT2D eigenvalue weighted by Gasteiger charge is 2.31. The van der Waals surface area contributed by atoms with E-state index in [-0.39, 0.29) is 0 Å². The van der Waals surface area contributed by atoms with Crippen LogP contribution in [0.4, 0.5) is 0 Å². The van der Waals surface area contributed by atoms with Crippen molar-refractivity contribution in [1.29, 1.82) is 0 Å². The molecule has 2 rings (SSSR count). The van der Waals surface area contributed by atoms with Gasteiger partial charge in [0, 0.05) is 22.3 Å². The molecule has 1 aliphatic carbocycles. The fraction of sp³-hybridized carbons (Fsp3) is 0.750. The summed E-state index contributed by atoms with van der Waals surface area (Å²) in [5.74, 6) is 0.859. The molecule has 1 N–H and O–H groups in total. The molecule has 1 aliphatic rings. The van der Waals surface area contributed by atoms with Crippen molar-refractivity contribution < 1.29 is 0 Å². The predicted molar refractivity (Wildman–Crippen MR) is 81.2 cm³/mol. The molecule has 18 heavy (non-hydrogen) atoms. The first-order valence-corrected chi connectivity index (χ1v) is 7.97. The second kappa shape index (κ2) is 5.34. The fourth-order valence-corrected chi connectivity index (χ4v) is 4.49. The summed E-state index contributed by atoms with van der Waals surface area (Å²) in [6, 6.07) is 3.04. The van der Waals surface area contributed by atoms with Gasteiger partial charge in [0.15, 0.2) is 0 Å². The zero-order valence-electron chi connectivity index (χ0n) is 12.5. The first-order valence-electron chi connectivity index (χ1n) is 7.15.